The van der Waals surface area contributed by atoms with Crippen molar-refractivity contribution < 1.29 is 14.7 Å². The number of carboxylic acids is 1. The molecule has 0 bridgehead atoms. The molecule has 144 valence electrons. The Morgan fingerprint density at radius 3 is 2.64 bits per heavy atom. The van der Waals surface area contributed by atoms with Crippen LogP contribution in [0.25, 0.3) is 0 Å². The minimum Gasteiger partial charge on any atom is -0.480 e. The Labute approximate surface area is 155 Å². The van der Waals surface area contributed by atoms with Crippen molar-refractivity contribution in [2.24, 2.45) is 0 Å². The summed E-state index contributed by atoms with van der Waals surface area (Å²) in [5.74, 6) is 0.302. The van der Waals surface area contributed by atoms with E-state index in [9.17, 15) is 9.59 Å². The molecule has 2 amide bonds. The molecule has 1 aliphatic heterocycles. The van der Waals surface area contributed by atoms with Gasteiger partial charge in [-0.1, -0.05) is 19.8 Å². The molecule has 1 saturated carbocycles. The van der Waals surface area contributed by atoms with E-state index in [2.05, 4.69) is 12.2 Å². The fraction of sp³-hybridized carbons (Fsp3) is 0.889. The van der Waals surface area contributed by atoms with Gasteiger partial charge in [-0.3, -0.25) is 9.69 Å². The van der Waals surface area contributed by atoms with Crippen LogP contribution in [0.2, 0.25) is 0 Å². The Bertz CT molecular complexity index is 447. The van der Waals surface area contributed by atoms with Gasteiger partial charge in [0.15, 0.2) is 0 Å². The smallest absolute Gasteiger partial charge is 0.317 e. The van der Waals surface area contributed by atoms with Gasteiger partial charge in [0, 0.05) is 30.4 Å². The van der Waals surface area contributed by atoms with E-state index >= 15 is 0 Å². The van der Waals surface area contributed by atoms with Crippen LogP contribution >= 0.6 is 11.8 Å². The first-order valence-corrected chi connectivity index (χ1v) is 10.6. The number of amides is 2. The molecule has 1 saturated heterocycles. The Balaban J connectivity index is 1.84. The minimum atomic E-state index is -0.793. The van der Waals surface area contributed by atoms with Crippen molar-refractivity contribution in [2.75, 3.05) is 32.4 Å². The number of thioether (sulfide) groups is 1. The lowest BCUT2D eigenvalue weighted by Gasteiger charge is -2.33. The number of hydrogen-bond donors (Lipinski definition) is 2. The van der Waals surface area contributed by atoms with E-state index in [0.717, 1.165) is 38.0 Å². The summed E-state index contributed by atoms with van der Waals surface area (Å²) in [5, 5.41) is 12.8. The number of nitrogens with one attached hydrogen (secondary N) is 1. The number of likely N-dealkylation sites (tertiary alicyclic amines) is 1. The van der Waals surface area contributed by atoms with Crippen LogP contribution in [0.15, 0.2) is 0 Å². The molecule has 0 aromatic rings. The van der Waals surface area contributed by atoms with Gasteiger partial charge >= 0.3 is 12.0 Å². The third-order valence-electron chi connectivity index (χ3n) is 5.39. The number of urea groups is 1. The summed E-state index contributed by atoms with van der Waals surface area (Å²) in [7, 11) is 1.86. The van der Waals surface area contributed by atoms with Crippen molar-refractivity contribution in [1.29, 1.82) is 0 Å². The van der Waals surface area contributed by atoms with Crippen LogP contribution in [-0.2, 0) is 4.79 Å². The molecular formula is C18H33N3O3S. The standard InChI is InChI=1S/C18H33N3O3S/c1-3-25-16-9-5-4-8-15(16)19-18(24)21-11-6-7-14(10-12-21)20(2)13-17(22)23/h14-16H,3-13H2,1-2H3,(H,19,24)(H,22,23). The molecule has 3 atom stereocenters. The van der Waals surface area contributed by atoms with Gasteiger partial charge in [-0.05, 0) is 44.9 Å². The number of aliphatic carboxylic acids is 1. The molecule has 2 fully saturated rings. The van der Waals surface area contributed by atoms with Crippen molar-refractivity contribution >= 4 is 23.8 Å². The number of likely N-dealkylation sites (N-methyl/N-ethyl adjacent to an activating group) is 1. The number of rotatable bonds is 6. The van der Waals surface area contributed by atoms with Gasteiger partial charge in [0.1, 0.15) is 0 Å². The highest BCUT2D eigenvalue weighted by Crippen LogP contribution is 2.29. The van der Waals surface area contributed by atoms with Crippen molar-refractivity contribution in [1.82, 2.24) is 15.1 Å². The third-order valence-corrected chi connectivity index (χ3v) is 6.71. The second-order valence-corrected chi connectivity index (χ2v) is 8.73. The Morgan fingerprint density at radius 2 is 1.92 bits per heavy atom. The first-order chi connectivity index (χ1) is 12.0. The van der Waals surface area contributed by atoms with Crippen molar-refractivity contribution in [2.45, 2.75) is 69.2 Å². The first kappa shape index (κ1) is 20.4. The highest BCUT2D eigenvalue weighted by Gasteiger charge is 2.29. The van der Waals surface area contributed by atoms with E-state index in [4.69, 9.17) is 5.11 Å². The second-order valence-electron chi connectivity index (χ2n) is 7.21. The van der Waals surface area contributed by atoms with Crippen LogP contribution in [0.3, 0.4) is 0 Å². The van der Waals surface area contributed by atoms with Crippen molar-refractivity contribution in [3.63, 3.8) is 0 Å². The van der Waals surface area contributed by atoms with Gasteiger partial charge in [0.05, 0.1) is 6.54 Å². The maximum atomic E-state index is 12.7. The molecular weight excluding hydrogens is 338 g/mol. The number of carbonyl (C=O) groups excluding carboxylic acids is 1. The highest BCUT2D eigenvalue weighted by molar-refractivity contribution is 7.99. The predicted molar refractivity (Wildman–Crippen MR) is 102 cm³/mol. The zero-order valence-corrected chi connectivity index (χ0v) is 16.4. The quantitative estimate of drug-likeness (QED) is 0.751. The summed E-state index contributed by atoms with van der Waals surface area (Å²) in [5.41, 5.74) is 0. The van der Waals surface area contributed by atoms with E-state index in [1.54, 1.807) is 0 Å². The van der Waals surface area contributed by atoms with E-state index in [0.29, 0.717) is 17.8 Å². The lowest BCUT2D eigenvalue weighted by Crippen LogP contribution is -2.50. The van der Waals surface area contributed by atoms with Gasteiger partial charge in [0.2, 0.25) is 0 Å². The van der Waals surface area contributed by atoms with Crippen LogP contribution in [0.5, 0.6) is 0 Å². The number of carbonyl (C=O) groups is 2. The molecule has 6 nitrogen and oxygen atoms in total. The summed E-state index contributed by atoms with van der Waals surface area (Å²) < 4.78 is 0. The summed E-state index contributed by atoms with van der Waals surface area (Å²) in [6.45, 7) is 3.72. The molecule has 0 aromatic carbocycles. The van der Waals surface area contributed by atoms with E-state index < -0.39 is 5.97 Å². The van der Waals surface area contributed by atoms with E-state index in [1.807, 2.05) is 28.6 Å². The molecule has 25 heavy (non-hydrogen) atoms. The monoisotopic (exact) mass is 371 g/mol. The molecule has 1 heterocycles. The number of nitrogens with zero attached hydrogens (tertiary/aromatic N) is 2. The largest absolute Gasteiger partial charge is 0.480 e. The van der Waals surface area contributed by atoms with Gasteiger partial charge < -0.3 is 15.3 Å². The van der Waals surface area contributed by atoms with Crippen LogP contribution in [0.1, 0.15) is 51.9 Å². The molecule has 3 unspecified atom stereocenters. The maximum Gasteiger partial charge on any atom is 0.317 e. The van der Waals surface area contributed by atoms with Gasteiger partial charge in [-0.25, -0.2) is 4.79 Å². The summed E-state index contributed by atoms with van der Waals surface area (Å²) in [4.78, 5) is 27.4. The Hall–Kier alpha value is -0.950. The van der Waals surface area contributed by atoms with E-state index in [-0.39, 0.29) is 18.6 Å². The fourth-order valence-corrected chi connectivity index (χ4v) is 5.19. The predicted octanol–water partition coefficient (Wildman–Crippen LogP) is 2.63. The zero-order valence-electron chi connectivity index (χ0n) is 15.6. The van der Waals surface area contributed by atoms with Crippen molar-refractivity contribution in [3.05, 3.63) is 0 Å². The molecule has 1 aliphatic carbocycles. The molecule has 2 rings (SSSR count). The maximum absolute atomic E-state index is 12.7. The zero-order chi connectivity index (χ0) is 18.2. The van der Waals surface area contributed by atoms with Crippen LogP contribution < -0.4 is 5.32 Å². The minimum absolute atomic E-state index is 0.0643. The van der Waals surface area contributed by atoms with Gasteiger partial charge in [0.25, 0.3) is 0 Å². The second kappa shape index (κ2) is 10.3. The molecule has 2 N–H and O–H groups in total. The average Bonchev–Trinajstić information content (AvgIpc) is 2.82. The van der Waals surface area contributed by atoms with Crippen molar-refractivity contribution in [3.8, 4) is 0 Å². The summed E-state index contributed by atoms with van der Waals surface area (Å²) >= 11 is 1.97. The fourth-order valence-electron chi connectivity index (χ4n) is 3.99. The Morgan fingerprint density at radius 1 is 1.16 bits per heavy atom. The number of hydrogen-bond acceptors (Lipinski definition) is 4. The topological polar surface area (TPSA) is 72.9 Å². The molecule has 7 heteroatoms. The molecule has 0 aromatic heterocycles. The van der Waals surface area contributed by atoms with Gasteiger partial charge in [-0.2, -0.15) is 11.8 Å². The first-order valence-electron chi connectivity index (χ1n) is 9.60. The van der Waals surface area contributed by atoms with Crippen LogP contribution in [-0.4, -0.2) is 76.7 Å². The SMILES string of the molecule is CCSC1CCCCC1NC(=O)N1CCCC(N(C)CC(=O)O)CC1. The average molecular weight is 372 g/mol. The van der Waals surface area contributed by atoms with Crippen LogP contribution in [0.4, 0.5) is 4.79 Å². The number of carboxylic acid groups (broad SMARTS) is 1. The highest BCUT2D eigenvalue weighted by atomic mass is 32.2. The summed E-state index contributed by atoms with van der Waals surface area (Å²) in [6.07, 6.45) is 7.48. The van der Waals surface area contributed by atoms with E-state index in [1.165, 1.54) is 19.3 Å². The molecule has 2 aliphatic rings. The summed E-state index contributed by atoms with van der Waals surface area (Å²) in [6, 6.07) is 0.599. The third kappa shape index (κ3) is 6.37. The normalized spacial score (nSPS) is 27.8. The lowest BCUT2D eigenvalue weighted by atomic mass is 9.95. The molecule has 0 radical (unpaired) electrons. The van der Waals surface area contributed by atoms with Gasteiger partial charge in [-0.15, -0.1) is 0 Å². The van der Waals surface area contributed by atoms with Crippen LogP contribution in [0, 0.1) is 0 Å². The Kier molecular flexibility index (Phi) is 8.36. The molecule has 0 spiro atoms. The lowest BCUT2D eigenvalue weighted by molar-refractivity contribution is -0.138.